The zero-order valence-electron chi connectivity index (χ0n) is 13.5. The summed E-state index contributed by atoms with van der Waals surface area (Å²) in [7, 11) is 0. The van der Waals surface area contributed by atoms with Gasteiger partial charge in [0.05, 0.1) is 17.5 Å². The van der Waals surface area contributed by atoms with Crippen molar-refractivity contribution in [2.24, 2.45) is 22.4 Å². The van der Waals surface area contributed by atoms with Crippen molar-refractivity contribution in [2.45, 2.75) is 57.5 Å². The normalized spacial score (nSPS) is 22.6. The first-order chi connectivity index (χ1) is 11.1. The summed E-state index contributed by atoms with van der Waals surface area (Å²) in [5.41, 5.74) is 12.9. The molecule has 5 N–H and O–H groups in total. The molecule has 0 aromatic carbocycles. The molecule has 1 amide bonds. The Kier molecular flexibility index (Phi) is 4.83. The number of carbonyl (C=O) groups excluding carboxylic acids is 1. The summed E-state index contributed by atoms with van der Waals surface area (Å²) in [6.07, 6.45) is 9.57. The molecule has 7 heteroatoms. The van der Waals surface area contributed by atoms with Crippen LogP contribution in [0.15, 0.2) is 11.2 Å². The maximum Gasteiger partial charge on any atom is 0.252 e. The number of aliphatic imine (C=N–C) groups is 1. The molecule has 0 saturated heterocycles. The van der Waals surface area contributed by atoms with Crippen LogP contribution in [0.1, 0.15) is 54.6 Å². The lowest BCUT2D eigenvalue weighted by Crippen LogP contribution is -2.41. The fourth-order valence-corrected chi connectivity index (χ4v) is 3.59. The van der Waals surface area contributed by atoms with E-state index in [2.05, 4.69) is 15.4 Å². The van der Waals surface area contributed by atoms with Crippen LogP contribution in [0.25, 0.3) is 0 Å². The van der Waals surface area contributed by atoms with Crippen LogP contribution in [0.5, 0.6) is 0 Å². The molecule has 0 bridgehead atoms. The number of nitrogens with zero attached hydrogens (tertiary/aromatic N) is 3. The lowest BCUT2D eigenvalue weighted by molar-refractivity contribution is 0.0998. The number of amides is 1. The molecule has 1 aliphatic heterocycles. The first-order valence-corrected chi connectivity index (χ1v) is 8.54. The second kappa shape index (κ2) is 7.02. The van der Waals surface area contributed by atoms with Crippen LogP contribution in [0.2, 0.25) is 0 Å². The molecule has 0 spiro atoms. The highest BCUT2D eigenvalue weighted by Crippen LogP contribution is 2.23. The maximum atomic E-state index is 11.4. The van der Waals surface area contributed by atoms with Gasteiger partial charge in [-0.15, -0.1) is 0 Å². The summed E-state index contributed by atoms with van der Waals surface area (Å²) < 4.78 is 1.88. The molecule has 3 rings (SSSR count). The lowest BCUT2D eigenvalue weighted by Gasteiger charge is -2.24. The summed E-state index contributed by atoms with van der Waals surface area (Å²) in [5, 5.41) is 7.57. The minimum absolute atomic E-state index is 0.379. The predicted octanol–water partition coefficient (Wildman–Crippen LogP) is 0.781. The van der Waals surface area contributed by atoms with Crippen LogP contribution in [0.4, 0.5) is 0 Å². The Morgan fingerprint density at radius 1 is 1.30 bits per heavy atom. The number of aryl methyl sites for hydroxylation is 1. The van der Waals surface area contributed by atoms with Gasteiger partial charge in [0.25, 0.3) is 5.91 Å². The minimum Gasteiger partial charge on any atom is -0.370 e. The van der Waals surface area contributed by atoms with Gasteiger partial charge in [-0.1, -0.05) is 19.3 Å². The SMILES string of the molecule is NC(=O)c1cnn2c1CC(CN=C(N)NC1CCCCC1)CC2. The first kappa shape index (κ1) is 15.8. The zero-order valence-corrected chi connectivity index (χ0v) is 13.5. The lowest BCUT2D eigenvalue weighted by atomic mass is 9.94. The summed E-state index contributed by atoms with van der Waals surface area (Å²) in [6, 6.07) is 0.474. The molecule has 1 unspecified atom stereocenters. The van der Waals surface area contributed by atoms with E-state index in [0.29, 0.717) is 30.0 Å². The van der Waals surface area contributed by atoms with Crippen molar-refractivity contribution >= 4 is 11.9 Å². The fourth-order valence-electron chi connectivity index (χ4n) is 3.59. The standard InChI is InChI=1S/C16H26N6O/c17-15(23)13-10-20-22-7-6-11(8-14(13)22)9-19-16(18)21-12-4-2-1-3-5-12/h10-12H,1-9H2,(H2,17,23)(H3,18,19,21). The molecule has 23 heavy (non-hydrogen) atoms. The zero-order chi connectivity index (χ0) is 16.2. The summed E-state index contributed by atoms with van der Waals surface area (Å²) >= 11 is 0. The third-order valence-electron chi connectivity index (χ3n) is 4.92. The van der Waals surface area contributed by atoms with E-state index in [0.717, 1.165) is 25.1 Å². The highest BCUT2D eigenvalue weighted by atomic mass is 16.1. The highest BCUT2D eigenvalue weighted by molar-refractivity contribution is 5.93. The largest absolute Gasteiger partial charge is 0.370 e. The van der Waals surface area contributed by atoms with Crippen LogP contribution >= 0.6 is 0 Å². The Morgan fingerprint density at radius 2 is 2.09 bits per heavy atom. The van der Waals surface area contributed by atoms with Gasteiger partial charge < -0.3 is 16.8 Å². The van der Waals surface area contributed by atoms with Crippen LogP contribution in [0.3, 0.4) is 0 Å². The Labute approximate surface area is 136 Å². The van der Waals surface area contributed by atoms with Crippen molar-refractivity contribution in [1.29, 1.82) is 0 Å². The topological polar surface area (TPSA) is 111 Å². The van der Waals surface area contributed by atoms with E-state index in [1.807, 2.05) is 4.68 Å². The van der Waals surface area contributed by atoms with Gasteiger partial charge >= 0.3 is 0 Å². The Hall–Kier alpha value is -2.05. The van der Waals surface area contributed by atoms with Gasteiger partial charge in [0.2, 0.25) is 0 Å². The Morgan fingerprint density at radius 3 is 2.83 bits per heavy atom. The summed E-state index contributed by atoms with van der Waals surface area (Å²) in [4.78, 5) is 16.0. The van der Waals surface area contributed by atoms with E-state index in [-0.39, 0.29) is 0 Å². The number of primary amides is 1. The fraction of sp³-hybridized carbons (Fsp3) is 0.688. The number of carbonyl (C=O) groups is 1. The number of guanidine groups is 1. The molecule has 0 radical (unpaired) electrons. The third kappa shape index (κ3) is 3.83. The smallest absolute Gasteiger partial charge is 0.252 e. The maximum absolute atomic E-state index is 11.4. The number of nitrogens with one attached hydrogen (secondary N) is 1. The predicted molar refractivity (Wildman–Crippen MR) is 89.1 cm³/mol. The van der Waals surface area contributed by atoms with Gasteiger partial charge in [-0.25, -0.2) is 0 Å². The van der Waals surface area contributed by atoms with Crippen LogP contribution in [-0.2, 0) is 13.0 Å². The van der Waals surface area contributed by atoms with Crippen molar-refractivity contribution in [3.05, 3.63) is 17.5 Å². The van der Waals surface area contributed by atoms with E-state index >= 15 is 0 Å². The van der Waals surface area contributed by atoms with Gasteiger partial charge in [-0.05, 0) is 31.6 Å². The third-order valence-corrected chi connectivity index (χ3v) is 4.92. The summed E-state index contributed by atoms with van der Waals surface area (Å²) in [5.74, 6) is 0.518. The number of aromatic nitrogens is 2. The molecule has 1 aromatic rings. The van der Waals surface area contributed by atoms with E-state index in [4.69, 9.17) is 11.5 Å². The van der Waals surface area contributed by atoms with E-state index in [1.165, 1.54) is 32.1 Å². The van der Waals surface area contributed by atoms with Crippen LogP contribution in [-0.4, -0.2) is 34.2 Å². The second-order valence-corrected chi connectivity index (χ2v) is 6.66. The molecule has 126 valence electrons. The molecule has 7 nitrogen and oxygen atoms in total. The van der Waals surface area contributed by atoms with Crippen molar-refractivity contribution in [1.82, 2.24) is 15.1 Å². The van der Waals surface area contributed by atoms with E-state index < -0.39 is 5.91 Å². The van der Waals surface area contributed by atoms with Crippen molar-refractivity contribution in [3.63, 3.8) is 0 Å². The number of nitrogens with two attached hydrogens (primary N) is 2. The molecule has 1 aliphatic carbocycles. The monoisotopic (exact) mass is 318 g/mol. The quantitative estimate of drug-likeness (QED) is 0.562. The van der Waals surface area contributed by atoms with Gasteiger partial charge in [-0.3, -0.25) is 14.5 Å². The van der Waals surface area contributed by atoms with Gasteiger partial charge in [0.1, 0.15) is 0 Å². The number of hydrogen-bond acceptors (Lipinski definition) is 3. The number of hydrogen-bond donors (Lipinski definition) is 3. The molecule has 1 fully saturated rings. The van der Waals surface area contributed by atoms with Gasteiger partial charge in [-0.2, -0.15) is 5.10 Å². The van der Waals surface area contributed by atoms with E-state index in [9.17, 15) is 4.79 Å². The second-order valence-electron chi connectivity index (χ2n) is 6.66. The number of rotatable bonds is 4. The van der Waals surface area contributed by atoms with Gasteiger partial charge in [0, 0.05) is 19.1 Å². The van der Waals surface area contributed by atoms with Crippen molar-refractivity contribution < 1.29 is 4.79 Å². The van der Waals surface area contributed by atoms with Crippen molar-refractivity contribution in [2.75, 3.05) is 6.54 Å². The van der Waals surface area contributed by atoms with E-state index in [1.54, 1.807) is 6.20 Å². The minimum atomic E-state index is -0.408. The number of fused-ring (bicyclic) bond motifs is 1. The van der Waals surface area contributed by atoms with Crippen LogP contribution < -0.4 is 16.8 Å². The summed E-state index contributed by atoms with van der Waals surface area (Å²) in [6.45, 7) is 1.48. The van der Waals surface area contributed by atoms with Gasteiger partial charge in [0.15, 0.2) is 5.96 Å². The molecule has 2 heterocycles. The average Bonchev–Trinajstić information content (AvgIpc) is 2.97. The molecular weight excluding hydrogens is 292 g/mol. The average molecular weight is 318 g/mol. The molecule has 1 saturated carbocycles. The highest BCUT2D eigenvalue weighted by Gasteiger charge is 2.24. The molecule has 1 atom stereocenters. The Bertz CT molecular complexity index is 587. The van der Waals surface area contributed by atoms with Crippen LogP contribution in [0, 0.1) is 5.92 Å². The Balaban J connectivity index is 1.55. The van der Waals surface area contributed by atoms with Crippen molar-refractivity contribution in [3.8, 4) is 0 Å². The molecule has 1 aromatic heterocycles. The first-order valence-electron chi connectivity index (χ1n) is 8.54. The molecule has 2 aliphatic rings. The molecular formula is C16H26N6O.